The highest BCUT2D eigenvalue weighted by Crippen LogP contribution is 2.18. The van der Waals surface area contributed by atoms with Gasteiger partial charge < -0.3 is 9.64 Å². The van der Waals surface area contributed by atoms with Gasteiger partial charge in [-0.2, -0.15) is 4.68 Å². The van der Waals surface area contributed by atoms with Gasteiger partial charge in [0.15, 0.2) is 0 Å². The van der Waals surface area contributed by atoms with Crippen LogP contribution in [0.5, 0.6) is 0 Å². The van der Waals surface area contributed by atoms with Crippen molar-refractivity contribution in [2.45, 2.75) is 26.1 Å². The van der Waals surface area contributed by atoms with Crippen LogP contribution < -0.4 is 0 Å². The van der Waals surface area contributed by atoms with E-state index in [-0.39, 0.29) is 18.1 Å². The number of morpholine rings is 1. The van der Waals surface area contributed by atoms with Crippen LogP contribution in [-0.4, -0.2) is 56.3 Å². The Hall–Kier alpha value is -2.28. The molecule has 7 heteroatoms. The topological polar surface area (TPSA) is 73.1 Å². The molecular formula is C14H17N5O2. The molecule has 1 aliphatic heterocycles. The Morgan fingerprint density at radius 2 is 1.95 bits per heavy atom. The van der Waals surface area contributed by atoms with Gasteiger partial charge >= 0.3 is 0 Å². The van der Waals surface area contributed by atoms with Crippen LogP contribution in [0.2, 0.25) is 0 Å². The summed E-state index contributed by atoms with van der Waals surface area (Å²) in [6.07, 6.45) is 1.56. The van der Waals surface area contributed by atoms with Crippen LogP contribution in [0.3, 0.4) is 0 Å². The molecule has 0 bridgehead atoms. The molecule has 1 saturated heterocycles. The molecule has 1 aromatic carbocycles. The Balaban J connectivity index is 1.92. The molecule has 0 unspecified atom stereocenters. The maximum atomic E-state index is 12.8. The monoisotopic (exact) mass is 287 g/mol. The fourth-order valence-electron chi connectivity index (χ4n) is 2.64. The lowest BCUT2D eigenvalue weighted by molar-refractivity contribution is -0.0586. The summed E-state index contributed by atoms with van der Waals surface area (Å²) in [5, 5.41) is 11.1. The van der Waals surface area contributed by atoms with E-state index in [1.54, 1.807) is 6.07 Å². The fraction of sp³-hybridized carbons (Fsp3) is 0.429. The van der Waals surface area contributed by atoms with E-state index in [2.05, 4.69) is 15.5 Å². The van der Waals surface area contributed by atoms with E-state index in [0.717, 1.165) is 0 Å². The molecule has 21 heavy (non-hydrogen) atoms. The maximum absolute atomic E-state index is 12.8. The fourth-order valence-corrected chi connectivity index (χ4v) is 2.64. The lowest BCUT2D eigenvalue weighted by Crippen LogP contribution is -2.48. The average Bonchev–Trinajstić information content (AvgIpc) is 2.99. The van der Waals surface area contributed by atoms with Gasteiger partial charge in [-0.3, -0.25) is 4.79 Å². The number of hydrogen-bond acceptors (Lipinski definition) is 5. The number of carbonyl (C=O) groups is 1. The summed E-state index contributed by atoms with van der Waals surface area (Å²) in [6.45, 7) is 5.13. The van der Waals surface area contributed by atoms with Gasteiger partial charge in [-0.1, -0.05) is 12.1 Å². The van der Waals surface area contributed by atoms with Crippen molar-refractivity contribution in [3.05, 3.63) is 36.2 Å². The second-order valence-electron chi connectivity index (χ2n) is 5.24. The Morgan fingerprint density at radius 3 is 2.62 bits per heavy atom. The maximum Gasteiger partial charge on any atom is 0.256 e. The molecule has 1 fully saturated rings. The normalized spacial score (nSPS) is 22.3. The van der Waals surface area contributed by atoms with Crippen LogP contribution in [0.25, 0.3) is 5.69 Å². The summed E-state index contributed by atoms with van der Waals surface area (Å²) >= 11 is 0. The van der Waals surface area contributed by atoms with Crippen molar-refractivity contribution in [2.75, 3.05) is 13.1 Å². The number of aromatic nitrogens is 4. The van der Waals surface area contributed by atoms with E-state index >= 15 is 0 Å². The van der Waals surface area contributed by atoms with E-state index in [0.29, 0.717) is 24.3 Å². The largest absolute Gasteiger partial charge is 0.372 e. The second kappa shape index (κ2) is 5.61. The number of carbonyl (C=O) groups excluding carboxylic acids is 1. The molecule has 110 valence electrons. The number of nitrogens with zero attached hydrogens (tertiary/aromatic N) is 5. The molecule has 0 N–H and O–H groups in total. The molecule has 0 spiro atoms. The average molecular weight is 287 g/mol. The standard InChI is InChI=1S/C14H17N5O2/c1-10-7-18(8-11(2)21-10)14(20)12-5-3-4-6-13(12)19-9-15-16-17-19/h3-6,9-11H,7-8H2,1-2H3/t10-,11-/m1/s1. The third kappa shape index (κ3) is 2.78. The molecule has 1 aliphatic rings. The number of hydrogen-bond donors (Lipinski definition) is 0. The summed E-state index contributed by atoms with van der Waals surface area (Å²) < 4.78 is 7.17. The Labute approximate surface area is 122 Å². The molecular weight excluding hydrogens is 270 g/mol. The lowest BCUT2D eigenvalue weighted by atomic mass is 10.1. The van der Waals surface area contributed by atoms with Gasteiger partial charge in [-0.05, 0) is 36.4 Å². The summed E-state index contributed by atoms with van der Waals surface area (Å²) in [5.74, 6) is -0.0249. The van der Waals surface area contributed by atoms with Crippen molar-refractivity contribution in [3.8, 4) is 5.69 Å². The van der Waals surface area contributed by atoms with Crippen molar-refractivity contribution in [1.29, 1.82) is 0 Å². The van der Waals surface area contributed by atoms with Gasteiger partial charge in [-0.25, -0.2) is 0 Å². The van der Waals surface area contributed by atoms with E-state index < -0.39 is 0 Å². The van der Waals surface area contributed by atoms with E-state index in [1.807, 2.05) is 36.9 Å². The van der Waals surface area contributed by atoms with E-state index in [1.165, 1.54) is 11.0 Å². The van der Waals surface area contributed by atoms with Crippen molar-refractivity contribution < 1.29 is 9.53 Å². The summed E-state index contributed by atoms with van der Waals surface area (Å²) in [5.41, 5.74) is 1.27. The summed E-state index contributed by atoms with van der Waals surface area (Å²) in [6, 6.07) is 7.33. The van der Waals surface area contributed by atoms with Gasteiger partial charge in [0, 0.05) is 13.1 Å². The van der Waals surface area contributed by atoms with Gasteiger partial charge in [-0.15, -0.1) is 5.10 Å². The molecule has 0 radical (unpaired) electrons. The molecule has 2 heterocycles. The zero-order valence-corrected chi connectivity index (χ0v) is 12.0. The number of tetrazole rings is 1. The SMILES string of the molecule is C[C@@H]1CN(C(=O)c2ccccc2-n2cnnn2)C[C@@H](C)O1. The Kier molecular flexibility index (Phi) is 3.66. The minimum atomic E-state index is -0.0249. The smallest absolute Gasteiger partial charge is 0.256 e. The third-order valence-electron chi connectivity index (χ3n) is 3.44. The zero-order valence-electron chi connectivity index (χ0n) is 12.0. The van der Waals surface area contributed by atoms with Crippen molar-refractivity contribution in [2.24, 2.45) is 0 Å². The van der Waals surface area contributed by atoms with Crippen LogP contribution in [0.1, 0.15) is 24.2 Å². The first-order valence-electron chi connectivity index (χ1n) is 6.92. The Morgan fingerprint density at radius 1 is 1.24 bits per heavy atom. The van der Waals surface area contributed by atoms with Crippen molar-refractivity contribution in [1.82, 2.24) is 25.1 Å². The quantitative estimate of drug-likeness (QED) is 0.821. The minimum absolute atomic E-state index is 0.0249. The molecule has 0 aliphatic carbocycles. The highest BCUT2D eigenvalue weighted by molar-refractivity contribution is 5.97. The molecule has 1 aromatic heterocycles. The minimum Gasteiger partial charge on any atom is -0.372 e. The van der Waals surface area contributed by atoms with Gasteiger partial charge in [0.25, 0.3) is 5.91 Å². The summed E-state index contributed by atoms with van der Waals surface area (Å²) in [7, 11) is 0. The Bertz CT molecular complexity index is 618. The van der Waals surface area contributed by atoms with Crippen LogP contribution in [0.15, 0.2) is 30.6 Å². The molecule has 2 atom stereocenters. The van der Waals surface area contributed by atoms with Crippen molar-refractivity contribution >= 4 is 5.91 Å². The van der Waals surface area contributed by atoms with E-state index in [9.17, 15) is 4.79 Å². The number of benzene rings is 1. The van der Waals surface area contributed by atoms with Crippen LogP contribution in [-0.2, 0) is 4.74 Å². The highest BCUT2D eigenvalue weighted by atomic mass is 16.5. The molecule has 7 nitrogen and oxygen atoms in total. The molecule has 2 aromatic rings. The first-order chi connectivity index (χ1) is 10.1. The van der Waals surface area contributed by atoms with Crippen LogP contribution >= 0.6 is 0 Å². The molecule has 1 amide bonds. The first-order valence-corrected chi connectivity index (χ1v) is 6.92. The second-order valence-corrected chi connectivity index (χ2v) is 5.24. The van der Waals surface area contributed by atoms with Crippen LogP contribution in [0, 0.1) is 0 Å². The van der Waals surface area contributed by atoms with Gasteiger partial charge in [0.2, 0.25) is 0 Å². The first kappa shape index (κ1) is 13.7. The summed E-state index contributed by atoms with van der Waals surface area (Å²) in [4.78, 5) is 14.6. The molecule has 3 rings (SSSR count). The zero-order chi connectivity index (χ0) is 14.8. The van der Waals surface area contributed by atoms with Gasteiger partial charge in [0.05, 0.1) is 23.5 Å². The number of ether oxygens (including phenoxy) is 1. The van der Waals surface area contributed by atoms with Gasteiger partial charge in [0.1, 0.15) is 6.33 Å². The number of rotatable bonds is 2. The highest BCUT2D eigenvalue weighted by Gasteiger charge is 2.28. The third-order valence-corrected chi connectivity index (χ3v) is 3.44. The lowest BCUT2D eigenvalue weighted by Gasteiger charge is -2.35. The number of para-hydroxylation sites is 1. The predicted molar refractivity (Wildman–Crippen MR) is 75.1 cm³/mol. The van der Waals surface area contributed by atoms with Crippen molar-refractivity contribution in [3.63, 3.8) is 0 Å². The number of amides is 1. The van der Waals surface area contributed by atoms with E-state index in [4.69, 9.17) is 4.74 Å². The predicted octanol–water partition coefficient (Wildman–Crippen LogP) is 0.912. The molecule has 0 saturated carbocycles. The van der Waals surface area contributed by atoms with Crippen LogP contribution in [0.4, 0.5) is 0 Å².